The number of aromatic amines is 1. The van der Waals surface area contributed by atoms with Gasteiger partial charge in [0.05, 0.1) is 5.25 Å². The third-order valence-electron chi connectivity index (χ3n) is 4.58. The second-order valence-corrected chi connectivity index (χ2v) is 8.31. The number of H-pyrrole nitrogens is 1. The quantitative estimate of drug-likeness (QED) is 0.930. The van der Waals surface area contributed by atoms with Crippen LogP contribution in [0.15, 0.2) is 6.20 Å². The molecule has 1 aromatic heterocycles. The summed E-state index contributed by atoms with van der Waals surface area (Å²) in [5.74, 6) is 1.16. The van der Waals surface area contributed by atoms with Crippen molar-refractivity contribution < 1.29 is 8.42 Å². The fourth-order valence-corrected chi connectivity index (χ4v) is 5.56. The van der Waals surface area contributed by atoms with Crippen LogP contribution in [0.25, 0.3) is 0 Å². The maximum absolute atomic E-state index is 12.7. The van der Waals surface area contributed by atoms with Gasteiger partial charge in [-0.2, -0.15) is 0 Å². The molecule has 1 saturated carbocycles. The van der Waals surface area contributed by atoms with Gasteiger partial charge >= 0.3 is 0 Å². The molecule has 0 spiro atoms. The van der Waals surface area contributed by atoms with E-state index in [1.54, 1.807) is 4.31 Å². The van der Waals surface area contributed by atoms with E-state index in [2.05, 4.69) is 9.97 Å². The van der Waals surface area contributed by atoms with Crippen LogP contribution in [0.4, 0.5) is 0 Å². The van der Waals surface area contributed by atoms with Crippen molar-refractivity contribution in [3.8, 4) is 0 Å². The largest absolute Gasteiger partial charge is 0.346 e. The first-order valence-electron chi connectivity index (χ1n) is 7.58. The summed E-state index contributed by atoms with van der Waals surface area (Å²) in [5, 5.41) is -0.139. The molecule has 5 nitrogen and oxygen atoms in total. The zero-order chi connectivity index (χ0) is 14.2. The highest BCUT2D eigenvalue weighted by molar-refractivity contribution is 7.89. The van der Waals surface area contributed by atoms with Gasteiger partial charge in [-0.1, -0.05) is 12.8 Å². The number of hydrogen-bond donors (Lipinski definition) is 1. The predicted octanol–water partition coefficient (Wildman–Crippen LogP) is 2.17. The Labute approximate surface area is 120 Å². The molecule has 1 aromatic rings. The first-order valence-corrected chi connectivity index (χ1v) is 9.08. The lowest BCUT2D eigenvalue weighted by Gasteiger charge is -2.32. The Morgan fingerprint density at radius 1 is 1.25 bits per heavy atom. The smallest absolute Gasteiger partial charge is 0.217 e. The molecule has 1 aliphatic carbocycles. The average Bonchev–Trinajstić information content (AvgIpc) is 3.10. The van der Waals surface area contributed by atoms with E-state index < -0.39 is 10.0 Å². The first kappa shape index (κ1) is 14.1. The SMILES string of the molecule is Cc1cnc(C2CCCN(S(=O)(=O)C3CCCC3)C2)[nH]1. The Morgan fingerprint density at radius 3 is 2.65 bits per heavy atom. The molecule has 3 rings (SSSR count). The Morgan fingerprint density at radius 2 is 2.00 bits per heavy atom. The number of imidazole rings is 1. The van der Waals surface area contributed by atoms with Crippen LogP contribution < -0.4 is 0 Å². The van der Waals surface area contributed by atoms with Crippen LogP contribution in [-0.2, 0) is 10.0 Å². The molecule has 2 heterocycles. The summed E-state index contributed by atoms with van der Waals surface area (Å²) in [5.41, 5.74) is 1.04. The van der Waals surface area contributed by atoms with E-state index in [0.717, 1.165) is 50.0 Å². The van der Waals surface area contributed by atoms with Gasteiger partial charge in [0.15, 0.2) is 0 Å². The highest BCUT2D eigenvalue weighted by Crippen LogP contribution is 2.32. The van der Waals surface area contributed by atoms with Crippen molar-refractivity contribution in [1.82, 2.24) is 14.3 Å². The number of sulfonamides is 1. The third-order valence-corrected chi connectivity index (χ3v) is 6.94. The summed E-state index contributed by atoms with van der Waals surface area (Å²) in [7, 11) is -3.10. The van der Waals surface area contributed by atoms with Crippen LogP contribution >= 0.6 is 0 Å². The van der Waals surface area contributed by atoms with Gasteiger partial charge in [-0.05, 0) is 32.6 Å². The molecule has 0 bridgehead atoms. The average molecular weight is 297 g/mol. The summed E-state index contributed by atoms with van der Waals surface area (Å²) < 4.78 is 27.0. The minimum absolute atomic E-state index is 0.139. The van der Waals surface area contributed by atoms with Crippen molar-refractivity contribution in [1.29, 1.82) is 0 Å². The van der Waals surface area contributed by atoms with Gasteiger partial charge in [-0.25, -0.2) is 17.7 Å². The maximum Gasteiger partial charge on any atom is 0.217 e. The van der Waals surface area contributed by atoms with Crippen molar-refractivity contribution in [3.63, 3.8) is 0 Å². The highest BCUT2D eigenvalue weighted by atomic mass is 32.2. The number of aromatic nitrogens is 2. The third kappa shape index (κ3) is 2.63. The topological polar surface area (TPSA) is 66.1 Å². The molecule has 0 amide bonds. The normalized spacial score (nSPS) is 26.1. The molecule has 1 atom stereocenters. The molecule has 6 heteroatoms. The van der Waals surface area contributed by atoms with E-state index in [1.165, 1.54) is 0 Å². The van der Waals surface area contributed by atoms with E-state index in [1.807, 2.05) is 13.1 Å². The van der Waals surface area contributed by atoms with Crippen molar-refractivity contribution >= 4 is 10.0 Å². The van der Waals surface area contributed by atoms with Crippen molar-refractivity contribution in [2.75, 3.05) is 13.1 Å². The van der Waals surface area contributed by atoms with E-state index in [4.69, 9.17) is 0 Å². The van der Waals surface area contributed by atoms with E-state index in [-0.39, 0.29) is 11.2 Å². The zero-order valence-corrected chi connectivity index (χ0v) is 12.8. The Balaban J connectivity index is 1.74. The number of aryl methyl sites for hydroxylation is 1. The number of nitrogens with one attached hydrogen (secondary N) is 1. The first-order chi connectivity index (χ1) is 9.57. The molecule has 0 radical (unpaired) electrons. The predicted molar refractivity (Wildman–Crippen MR) is 78.0 cm³/mol. The van der Waals surface area contributed by atoms with Crippen molar-refractivity contribution in [2.24, 2.45) is 0 Å². The van der Waals surface area contributed by atoms with Crippen molar-refractivity contribution in [3.05, 3.63) is 17.7 Å². The summed E-state index contributed by atoms with van der Waals surface area (Å²) in [6.45, 7) is 3.24. The van der Waals surface area contributed by atoms with Crippen LogP contribution in [0.2, 0.25) is 0 Å². The van der Waals surface area contributed by atoms with Crippen LogP contribution in [0, 0.1) is 6.92 Å². The fraction of sp³-hybridized carbons (Fsp3) is 0.786. The lowest BCUT2D eigenvalue weighted by molar-refractivity contribution is 0.306. The van der Waals surface area contributed by atoms with Crippen LogP contribution in [0.5, 0.6) is 0 Å². The van der Waals surface area contributed by atoms with Gasteiger partial charge < -0.3 is 4.98 Å². The molecule has 0 aromatic carbocycles. The van der Waals surface area contributed by atoms with E-state index >= 15 is 0 Å². The van der Waals surface area contributed by atoms with Gasteiger partial charge in [-0.3, -0.25) is 0 Å². The van der Waals surface area contributed by atoms with Crippen molar-refractivity contribution in [2.45, 2.75) is 56.6 Å². The molecule has 112 valence electrons. The number of hydrogen-bond acceptors (Lipinski definition) is 3. The van der Waals surface area contributed by atoms with Gasteiger partial charge in [0, 0.05) is 30.9 Å². The van der Waals surface area contributed by atoms with E-state index in [0.29, 0.717) is 13.1 Å². The summed E-state index contributed by atoms with van der Waals surface area (Å²) in [6, 6.07) is 0. The van der Waals surface area contributed by atoms with Crippen LogP contribution in [0.3, 0.4) is 0 Å². The van der Waals surface area contributed by atoms with Gasteiger partial charge in [0.25, 0.3) is 0 Å². The van der Waals surface area contributed by atoms with Gasteiger partial charge in [-0.15, -0.1) is 0 Å². The molecular formula is C14H23N3O2S. The lowest BCUT2D eigenvalue weighted by atomic mass is 9.99. The summed E-state index contributed by atoms with van der Waals surface area (Å²) >= 11 is 0. The second kappa shape index (κ2) is 5.48. The molecule has 1 N–H and O–H groups in total. The number of piperidine rings is 1. The van der Waals surface area contributed by atoms with Crippen LogP contribution in [-0.4, -0.2) is 41.0 Å². The van der Waals surface area contributed by atoms with Gasteiger partial charge in [0.1, 0.15) is 5.82 Å². The number of rotatable bonds is 3. The maximum atomic E-state index is 12.7. The molecule has 1 saturated heterocycles. The minimum Gasteiger partial charge on any atom is -0.346 e. The fourth-order valence-electron chi connectivity index (χ4n) is 3.43. The Bertz CT molecular complexity index is 561. The molecule has 1 unspecified atom stereocenters. The Hall–Kier alpha value is -0.880. The van der Waals surface area contributed by atoms with E-state index in [9.17, 15) is 8.42 Å². The molecule has 1 aliphatic heterocycles. The monoisotopic (exact) mass is 297 g/mol. The lowest BCUT2D eigenvalue weighted by Crippen LogP contribution is -2.43. The molecular weight excluding hydrogens is 274 g/mol. The molecule has 2 aliphatic rings. The summed E-state index contributed by atoms with van der Waals surface area (Å²) in [6.07, 6.45) is 7.55. The standard InChI is InChI=1S/C14H23N3O2S/c1-11-9-15-14(16-11)12-5-4-8-17(10-12)20(18,19)13-6-2-3-7-13/h9,12-13H,2-8,10H2,1H3,(H,15,16). The van der Waals surface area contributed by atoms with Crippen LogP contribution in [0.1, 0.15) is 56.0 Å². The highest BCUT2D eigenvalue weighted by Gasteiger charge is 2.37. The molecule has 2 fully saturated rings. The Kier molecular flexibility index (Phi) is 3.86. The second-order valence-electron chi connectivity index (χ2n) is 6.10. The summed E-state index contributed by atoms with van der Waals surface area (Å²) in [4.78, 5) is 7.63. The van der Waals surface area contributed by atoms with Gasteiger partial charge in [0.2, 0.25) is 10.0 Å². The molecule has 20 heavy (non-hydrogen) atoms. The minimum atomic E-state index is -3.10. The zero-order valence-electron chi connectivity index (χ0n) is 12.0. The number of nitrogens with zero attached hydrogens (tertiary/aromatic N) is 2.